The van der Waals surface area contributed by atoms with Crippen LogP contribution < -0.4 is 0 Å². The van der Waals surface area contributed by atoms with Crippen molar-refractivity contribution in [3.05, 3.63) is 83.4 Å². The fourth-order valence-electron chi connectivity index (χ4n) is 3.31. The molecule has 3 rings (SSSR count). The van der Waals surface area contributed by atoms with Gasteiger partial charge in [0, 0.05) is 31.1 Å². The molecule has 0 amide bonds. The first-order valence-electron chi connectivity index (χ1n) is 9.75. The molecule has 1 aliphatic rings. The van der Waals surface area contributed by atoms with E-state index in [-0.39, 0.29) is 12.7 Å². The Morgan fingerprint density at radius 2 is 2.00 bits per heavy atom. The van der Waals surface area contributed by atoms with Crippen molar-refractivity contribution in [2.75, 3.05) is 26.3 Å². The minimum atomic E-state index is -0.586. The Morgan fingerprint density at radius 3 is 2.72 bits per heavy atom. The van der Waals surface area contributed by atoms with E-state index in [0.29, 0.717) is 24.7 Å². The van der Waals surface area contributed by atoms with Crippen LogP contribution in [0.25, 0.3) is 0 Å². The van der Waals surface area contributed by atoms with E-state index in [4.69, 9.17) is 21.2 Å². The van der Waals surface area contributed by atoms with E-state index in [1.807, 2.05) is 42.5 Å². The highest BCUT2D eigenvalue weighted by Crippen LogP contribution is 2.20. The van der Waals surface area contributed by atoms with Gasteiger partial charge in [-0.15, -0.1) is 6.58 Å². The number of hydrogen-bond acceptors (Lipinski definition) is 5. The molecule has 6 heteroatoms. The summed E-state index contributed by atoms with van der Waals surface area (Å²) in [7, 11) is 0. The van der Waals surface area contributed by atoms with E-state index >= 15 is 0 Å². The summed E-state index contributed by atoms with van der Waals surface area (Å²) in [6, 6.07) is 17.8. The van der Waals surface area contributed by atoms with Crippen LogP contribution in [0.3, 0.4) is 0 Å². The molecule has 0 bridgehead atoms. The SMILES string of the molecule is C=CCOC[C@H](O)CN(Cc1ccccc1)C[C@@H]1CC(c2ccc(Cl)cc2)=NO1. The molecular weight excluding hydrogens is 388 g/mol. The highest BCUT2D eigenvalue weighted by atomic mass is 35.5. The van der Waals surface area contributed by atoms with Crippen LogP contribution in [0, 0.1) is 0 Å². The predicted octanol–water partition coefficient (Wildman–Crippen LogP) is 3.90. The quantitative estimate of drug-likeness (QED) is 0.447. The first-order valence-corrected chi connectivity index (χ1v) is 10.1. The van der Waals surface area contributed by atoms with Gasteiger partial charge in [0.15, 0.2) is 0 Å². The number of ether oxygens (including phenoxy) is 1. The molecule has 0 saturated carbocycles. The highest BCUT2D eigenvalue weighted by molar-refractivity contribution is 6.30. The Hall–Kier alpha value is -2.18. The van der Waals surface area contributed by atoms with Gasteiger partial charge < -0.3 is 14.7 Å². The molecule has 5 nitrogen and oxygen atoms in total. The smallest absolute Gasteiger partial charge is 0.145 e. The molecule has 1 N–H and O–H groups in total. The van der Waals surface area contributed by atoms with Crippen molar-refractivity contribution in [2.24, 2.45) is 5.16 Å². The molecule has 0 saturated heterocycles. The third-order valence-corrected chi connectivity index (χ3v) is 4.89. The van der Waals surface area contributed by atoms with Gasteiger partial charge >= 0.3 is 0 Å². The summed E-state index contributed by atoms with van der Waals surface area (Å²) in [4.78, 5) is 7.87. The van der Waals surface area contributed by atoms with Crippen LogP contribution in [0.5, 0.6) is 0 Å². The summed E-state index contributed by atoms with van der Waals surface area (Å²) in [5, 5.41) is 15.3. The summed E-state index contributed by atoms with van der Waals surface area (Å²) in [6.07, 6.45) is 1.74. The van der Waals surface area contributed by atoms with Crippen molar-refractivity contribution in [3.8, 4) is 0 Å². The standard InChI is InChI=1S/C23H27ClN2O3/c1-2-12-28-17-21(27)15-26(14-18-6-4-3-5-7-18)16-22-13-23(25-29-22)19-8-10-20(24)11-9-19/h2-11,21-22,27H,1,12-17H2/t21-,22+/m1/s1. The maximum atomic E-state index is 10.4. The van der Waals surface area contributed by atoms with E-state index in [1.165, 1.54) is 5.56 Å². The number of benzene rings is 2. The van der Waals surface area contributed by atoms with E-state index in [2.05, 4.69) is 28.8 Å². The summed E-state index contributed by atoms with van der Waals surface area (Å²) in [5.41, 5.74) is 3.12. The Bertz CT molecular complexity index is 796. The predicted molar refractivity (Wildman–Crippen MR) is 116 cm³/mol. The number of halogens is 1. The summed E-state index contributed by atoms with van der Waals surface area (Å²) < 4.78 is 5.39. The van der Waals surface area contributed by atoms with E-state index in [1.54, 1.807) is 6.08 Å². The van der Waals surface area contributed by atoms with Crippen LogP contribution in [0.4, 0.5) is 0 Å². The van der Waals surface area contributed by atoms with Gasteiger partial charge in [-0.3, -0.25) is 4.90 Å². The van der Waals surface area contributed by atoms with Crippen molar-refractivity contribution in [1.29, 1.82) is 0 Å². The third-order valence-electron chi connectivity index (χ3n) is 4.64. The zero-order valence-electron chi connectivity index (χ0n) is 16.4. The van der Waals surface area contributed by atoms with E-state index in [0.717, 1.165) is 24.2 Å². The second-order valence-electron chi connectivity index (χ2n) is 7.14. The average Bonchev–Trinajstić information content (AvgIpc) is 3.18. The van der Waals surface area contributed by atoms with Gasteiger partial charge in [-0.1, -0.05) is 65.3 Å². The number of aliphatic hydroxyl groups is 1. The average molecular weight is 415 g/mol. The molecule has 2 aromatic carbocycles. The monoisotopic (exact) mass is 414 g/mol. The molecule has 2 aromatic rings. The summed E-state index contributed by atoms with van der Waals surface area (Å²) in [5.74, 6) is 0. The van der Waals surface area contributed by atoms with Gasteiger partial charge in [-0.05, 0) is 23.3 Å². The molecule has 2 atom stereocenters. The second kappa shape index (κ2) is 11.1. The lowest BCUT2D eigenvalue weighted by Gasteiger charge is -2.27. The minimum absolute atomic E-state index is 0.0642. The van der Waals surface area contributed by atoms with Gasteiger partial charge in [-0.25, -0.2) is 0 Å². The summed E-state index contributed by atoms with van der Waals surface area (Å²) >= 11 is 5.97. The van der Waals surface area contributed by atoms with Crippen LogP contribution in [-0.4, -0.2) is 54.2 Å². The molecule has 0 unspecified atom stereocenters. The van der Waals surface area contributed by atoms with Gasteiger partial charge in [0.2, 0.25) is 0 Å². The Balaban J connectivity index is 1.58. The normalized spacial score (nSPS) is 17.1. The molecule has 1 heterocycles. The van der Waals surface area contributed by atoms with Gasteiger partial charge in [0.05, 0.1) is 25.0 Å². The number of rotatable bonds is 11. The number of hydrogen-bond donors (Lipinski definition) is 1. The first kappa shape index (κ1) is 21.5. The fourth-order valence-corrected chi connectivity index (χ4v) is 3.44. The van der Waals surface area contributed by atoms with Crippen LogP contribution >= 0.6 is 11.6 Å². The molecule has 0 radical (unpaired) electrons. The number of aliphatic hydroxyl groups excluding tert-OH is 1. The largest absolute Gasteiger partial charge is 0.390 e. The van der Waals surface area contributed by atoms with Crippen molar-refractivity contribution in [1.82, 2.24) is 4.90 Å². The van der Waals surface area contributed by atoms with Crippen molar-refractivity contribution < 1.29 is 14.7 Å². The third kappa shape index (κ3) is 6.98. The summed E-state index contributed by atoms with van der Waals surface area (Å²) in [6.45, 7) is 6.20. The van der Waals surface area contributed by atoms with Crippen LogP contribution in [0.2, 0.25) is 5.02 Å². The second-order valence-corrected chi connectivity index (χ2v) is 7.57. The Labute approximate surface area is 177 Å². The van der Waals surface area contributed by atoms with E-state index < -0.39 is 6.10 Å². The fraction of sp³-hybridized carbons (Fsp3) is 0.348. The lowest BCUT2D eigenvalue weighted by molar-refractivity contribution is 0.00336. The topological polar surface area (TPSA) is 54.3 Å². The lowest BCUT2D eigenvalue weighted by Crippen LogP contribution is -2.39. The maximum Gasteiger partial charge on any atom is 0.145 e. The molecule has 154 valence electrons. The van der Waals surface area contributed by atoms with Crippen molar-refractivity contribution in [3.63, 3.8) is 0 Å². The molecule has 0 aromatic heterocycles. The lowest BCUT2D eigenvalue weighted by atomic mass is 10.0. The van der Waals surface area contributed by atoms with Crippen LogP contribution in [0.1, 0.15) is 17.5 Å². The Kier molecular flexibility index (Phi) is 8.25. The first-order chi connectivity index (χ1) is 14.1. The minimum Gasteiger partial charge on any atom is -0.390 e. The zero-order chi connectivity index (χ0) is 20.5. The molecule has 0 spiro atoms. The number of nitrogens with zero attached hydrogens (tertiary/aromatic N) is 2. The highest BCUT2D eigenvalue weighted by Gasteiger charge is 2.25. The molecule has 1 aliphatic heterocycles. The van der Waals surface area contributed by atoms with Gasteiger partial charge in [0.25, 0.3) is 0 Å². The number of oxime groups is 1. The maximum absolute atomic E-state index is 10.4. The Morgan fingerprint density at radius 1 is 1.24 bits per heavy atom. The van der Waals surface area contributed by atoms with Crippen molar-refractivity contribution >= 4 is 17.3 Å². The zero-order valence-corrected chi connectivity index (χ0v) is 17.2. The molecular formula is C23H27ClN2O3. The van der Waals surface area contributed by atoms with Crippen LogP contribution in [-0.2, 0) is 16.1 Å². The van der Waals surface area contributed by atoms with Gasteiger partial charge in [0.1, 0.15) is 6.10 Å². The molecule has 0 aliphatic carbocycles. The molecule has 29 heavy (non-hydrogen) atoms. The van der Waals surface area contributed by atoms with Crippen LogP contribution in [0.15, 0.2) is 72.4 Å². The van der Waals surface area contributed by atoms with Crippen molar-refractivity contribution in [2.45, 2.75) is 25.2 Å². The molecule has 0 fully saturated rings. The van der Waals surface area contributed by atoms with E-state index in [9.17, 15) is 5.11 Å². The van der Waals surface area contributed by atoms with Gasteiger partial charge in [-0.2, -0.15) is 0 Å².